The van der Waals surface area contributed by atoms with Crippen LogP contribution in [0.1, 0.15) is 48.4 Å². The third kappa shape index (κ3) is 5.48. The quantitative estimate of drug-likeness (QED) is 0.647. The Bertz CT molecular complexity index is 1050. The molecule has 0 aromatic heterocycles. The molecule has 1 saturated heterocycles. The van der Waals surface area contributed by atoms with E-state index in [1.54, 1.807) is 12.1 Å². The van der Waals surface area contributed by atoms with Crippen LogP contribution in [0, 0.1) is 0 Å². The monoisotopic (exact) mass is 460 g/mol. The highest BCUT2D eigenvalue weighted by Gasteiger charge is 2.25. The molecule has 31 heavy (non-hydrogen) atoms. The molecule has 1 N–H and O–H groups in total. The number of carbonyl (C=O) groups is 1. The predicted octanol–water partition coefficient (Wildman–Crippen LogP) is 3.95. The van der Waals surface area contributed by atoms with Crippen molar-refractivity contribution >= 4 is 27.3 Å². The van der Waals surface area contributed by atoms with Crippen LogP contribution in [-0.4, -0.2) is 44.6 Å². The molecule has 4 rings (SSSR count). The molecule has 2 aliphatic rings. The lowest BCUT2D eigenvalue weighted by molar-refractivity contribution is -0.120. The van der Waals surface area contributed by atoms with Crippen LogP contribution in [0.25, 0.3) is 0 Å². The Kier molecular flexibility index (Phi) is 6.99. The normalized spacial score (nSPS) is 17.5. The van der Waals surface area contributed by atoms with E-state index in [2.05, 4.69) is 10.2 Å². The second kappa shape index (κ2) is 9.72. The summed E-state index contributed by atoms with van der Waals surface area (Å²) in [5, 5.41) is 3.63. The standard InChI is InChI=1S/C24H29ClN2O3S/c25-21-8-4-7-20(15-21)23(27-12-1-2-13-27)17-26-24(28)11-14-31(29,30)22-10-9-18-5-3-6-19(18)16-22/h4,7-10,15-16,23H,1-3,5-6,11-14,17H2,(H,26,28). The molecule has 2 aromatic carbocycles. The minimum absolute atomic E-state index is 0.0400. The van der Waals surface area contributed by atoms with Crippen LogP contribution >= 0.6 is 11.6 Å². The van der Waals surface area contributed by atoms with Gasteiger partial charge in [0.25, 0.3) is 0 Å². The van der Waals surface area contributed by atoms with Gasteiger partial charge in [0, 0.05) is 18.0 Å². The minimum Gasteiger partial charge on any atom is -0.354 e. The van der Waals surface area contributed by atoms with Gasteiger partial charge in [-0.1, -0.05) is 29.8 Å². The SMILES string of the molecule is O=C(CCS(=O)(=O)c1ccc2c(c1)CCC2)NCC(c1cccc(Cl)c1)N1CCCC1. The number of hydrogen-bond donors (Lipinski definition) is 1. The van der Waals surface area contributed by atoms with Crippen LogP contribution in [-0.2, 0) is 27.5 Å². The maximum atomic E-state index is 12.7. The molecule has 1 aliphatic carbocycles. The van der Waals surface area contributed by atoms with Gasteiger partial charge in [0.2, 0.25) is 5.91 Å². The Labute approximate surface area is 189 Å². The number of sulfone groups is 1. The van der Waals surface area contributed by atoms with E-state index in [0.717, 1.165) is 56.3 Å². The Morgan fingerprint density at radius 1 is 1.03 bits per heavy atom. The predicted molar refractivity (Wildman–Crippen MR) is 123 cm³/mol. The van der Waals surface area contributed by atoms with Gasteiger partial charge in [-0.2, -0.15) is 0 Å². The van der Waals surface area contributed by atoms with Crippen molar-refractivity contribution in [1.29, 1.82) is 0 Å². The lowest BCUT2D eigenvalue weighted by Gasteiger charge is -2.28. The molecule has 1 fully saturated rings. The summed E-state index contributed by atoms with van der Waals surface area (Å²) in [4.78, 5) is 15.2. The maximum Gasteiger partial charge on any atom is 0.221 e. The number of nitrogens with zero attached hydrogens (tertiary/aromatic N) is 1. The Balaban J connectivity index is 1.36. The van der Waals surface area contributed by atoms with Gasteiger partial charge in [0.1, 0.15) is 0 Å². The topological polar surface area (TPSA) is 66.5 Å². The first-order valence-corrected chi connectivity index (χ1v) is 13.1. The number of likely N-dealkylation sites (tertiary alicyclic amines) is 1. The van der Waals surface area contributed by atoms with Gasteiger partial charge in [-0.3, -0.25) is 9.69 Å². The third-order valence-corrected chi connectivity index (χ3v) is 8.28. The van der Waals surface area contributed by atoms with Crippen molar-refractivity contribution in [1.82, 2.24) is 10.2 Å². The molecule has 0 spiro atoms. The second-order valence-electron chi connectivity index (χ2n) is 8.47. The van der Waals surface area contributed by atoms with Crippen molar-refractivity contribution in [3.8, 4) is 0 Å². The summed E-state index contributed by atoms with van der Waals surface area (Å²) in [6, 6.07) is 13.2. The van der Waals surface area contributed by atoms with Crippen LogP contribution < -0.4 is 5.32 Å². The number of hydrogen-bond acceptors (Lipinski definition) is 4. The van der Waals surface area contributed by atoms with Crippen LogP contribution in [0.5, 0.6) is 0 Å². The summed E-state index contributed by atoms with van der Waals surface area (Å²) in [6.07, 6.45) is 5.27. The Hall–Kier alpha value is -1.89. The molecule has 0 bridgehead atoms. The lowest BCUT2D eigenvalue weighted by atomic mass is 10.1. The van der Waals surface area contributed by atoms with Crippen molar-refractivity contribution in [2.75, 3.05) is 25.4 Å². The minimum atomic E-state index is -3.48. The van der Waals surface area contributed by atoms with Crippen molar-refractivity contribution in [3.05, 3.63) is 64.2 Å². The number of carbonyl (C=O) groups excluding carboxylic acids is 1. The Morgan fingerprint density at radius 2 is 1.81 bits per heavy atom. The number of aryl methyl sites for hydroxylation is 2. The number of amides is 1. The first-order chi connectivity index (χ1) is 14.9. The molecule has 0 radical (unpaired) electrons. The van der Waals surface area contributed by atoms with Gasteiger partial charge in [-0.05, 0) is 86.1 Å². The number of nitrogens with one attached hydrogen (secondary N) is 1. The van der Waals surface area contributed by atoms with E-state index >= 15 is 0 Å². The molecule has 0 saturated carbocycles. The fraction of sp³-hybridized carbons (Fsp3) is 0.458. The van der Waals surface area contributed by atoms with E-state index < -0.39 is 9.84 Å². The summed E-state index contributed by atoms with van der Waals surface area (Å²) in [5.74, 6) is -0.417. The fourth-order valence-electron chi connectivity index (χ4n) is 4.61. The van der Waals surface area contributed by atoms with Crippen LogP contribution in [0.4, 0.5) is 0 Å². The molecule has 1 unspecified atom stereocenters. The molecule has 1 aliphatic heterocycles. The highest BCUT2D eigenvalue weighted by Crippen LogP contribution is 2.27. The van der Waals surface area contributed by atoms with Crippen molar-refractivity contribution in [3.63, 3.8) is 0 Å². The lowest BCUT2D eigenvalue weighted by Crippen LogP contribution is -2.37. The summed E-state index contributed by atoms with van der Waals surface area (Å²) < 4.78 is 25.5. The first-order valence-electron chi connectivity index (χ1n) is 11.0. The van der Waals surface area contributed by atoms with Crippen molar-refractivity contribution < 1.29 is 13.2 Å². The van der Waals surface area contributed by atoms with E-state index in [1.807, 2.05) is 30.3 Å². The van der Waals surface area contributed by atoms with Gasteiger partial charge >= 0.3 is 0 Å². The molecule has 1 amide bonds. The van der Waals surface area contributed by atoms with E-state index in [1.165, 1.54) is 5.56 Å². The van der Waals surface area contributed by atoms with E-state index in [0.29, 0.717) is 16.5 Å². The maximum absolute atomic E-state index is 12.7. The molecule has 7 heteroatoms. The van der Waals surface area contributed by atoms with Crippen LogP contribution in [0.15, 0.2) is 47.4 Å². The molecule has 5 nitrogen and oxygen atoms in total. The third-order valence-electron chi connectivity index (χ3n) is 6.33. The number of fused-ring (bicyclic) bond motifs is 1. The first kappa shape index (κ1) is 22.3. The smallest absolute Gasteiger partial charge is 0.221 e. The fourth-order valence-corrected chi connectivity index (χ4v) is 6.10. The van der Waals surface area contributed by atoms with E-state index in [9.17, 15) is 13.2 Å². The van der Waals surface area contributed by atoms with Gasteiger partial charge < -0.3 is 5.32 Å². The zero-order valence-electron chi connectivity index (χ0n) is 17.6. The molecular formula is C24H29ClN2O3S. The van der Waals surface area contributed by atoms with Gasteiger partial charge in [-0.25, -0.2) is 8.42 Å². The number of rotatable bonds is 8. The molecular weight excluding hydrogens is 432 g/mol. The van der Waals surface area contributed by atoms with Gasteiger partial charge in [0.05, 0.1) is 16.7 Å². The summed E-state index contributed by atoms with van der Waals surface area (Å²) in [5.41, 5.74) is 3.44. The van der Waals surface area contributed by atoms with Crippen molar-refractivity contribution in [2.45, 2.75) is 49.5 Å². The van der Waals surface area contributed by atoms with Gasteiger partial charge in [0.15, 0.2) is 9.84 Å². The number of halogens is 1. The average molecular weight is 461 g/mol. The number of benzene rings is 2. The molecule has 1 heterocycles. The summed E-state index contributed by atoms with van der Waals surface area (Å²) in [6.45, 7) is 2.41. The molecule has 166 valence electrons. The second-order valence-corrected chi connectivity index (χ2v) is 11.0. The van der Waals surface area contributed by atoms with Crippen molar-refractivity contribution in [2.24, 2.45) is 0 Å². The van der Waals surface area contributed by atoms with E-state index in [4.69, 9.17) is 11.6 Å². The Morgan fingerprint density at radius 3 is 2.58 bits per heavy atom. The average Bonchev–Trinajstić information content (AvgIpc) is 3.44. The molecule has 2 aromatic rings. The zero-order chi connectivity index (χ0) is 21.8. The summed E-state index contributed by atoms with van der Waals surface area (Å²) >= 11 is 6.18. The highest BCUT2D eigenvalue weighted by molar-refractivity contribution is 7.91. The highest BCUT2D eigenvalue weighted by atomic mass is 35.5. The van der Waals surface area contributed by atoms with Crippen LogP contribution in [0.2, 0.25) is 5.02 Å². The van der Waals surface area contributed by atoms with Crippen LogP contribution in [0.3, 0.4) is 0 Å². The van der Waals surface area contributed by atoms with Gasteiger partial charge in [-0.15, -0.1) is 0 Å². The zero-order valence-corrected chi connectivity index (χ0v) is 19.2. The summed E-state index contributed by atoms with van der Waals surface area (Å²) in [7, 11) is -3.48. The largest absolute Gasteiger partial charge is 0.354 e. The molecule has 1 atom stereocenters. The van der Waals surface area contributed by atoms with E-state index in [-0.39, 0.29) is 24.1 Å².